The van der Waals surface area contributed by atoms with Crippen LogP contribution in [-0.4, -0.2) is 28.0 Å². The molecule has 4 nitrogen and oxygen atoms in total. The highest BCUT2D eigenvalue weighted by Crippen LogP contribution is 2.06. The minimum atomic E-state index is 0.880. The van der Waals surface area contributed by atoms with Crippen molar-refractivity contribution in [3.8, 4) is 0 Å². The maximum Gasteiger partial charge on any atom is 0.155 e. The van der Waals surface area contributed by atoms with Crippen LogP contribution in [0.15, 0.2) is 30.9 Å². The average molecular weight is 202 g/mol. The van der Waals surface area contributed by atoms with Crippen molar-refractivity contribution in [2.45, 2.75) is 6.42 Å². The lowest BCUT2D eigenvalue weighted by Gasteiger charge is -1.95. The number of fused-ring (bicyclic) bond motifs is 1. The largest absolute Gasteiger partial charge is 0.319 e. The molecule has 0 aliphatic rings. The topological polar surface area (TPSA) is 42.2 Å². The van der Waals surface area contributed by atoms with Crippen LogP contribution in [0.5, 0.6) is 0 Å². The molecule has 0 atom stereocenters. The van der Waals surface area contributed by atoms with Crippen molar-refractivity contribution < 1.29 is 0 Å². The van der Waals surface area contributed by atoms with E-state index < -0.39 is 0 Å². The van der Waals surface area contributed by atoms with Crippen molar-refractivity contribution in [3.05, 3.63) is 36.6 Å². The second-order valence-electron chi connectivity index (χ2n) is 3.28. The van der Waals surface area contributed by atoms with E-state index in [1.165, 1.54) is 0 Å². The first-order chi connectivity index (χ1) is 7.42. The summed E-state index contributed by atoms with van der Waals surface area (Å²) in [5, 5.41) is 3.10. The molecule has 0 saturated carbocycles. The highest BCUT2D eigenvalue weighted by atomic mass is 15.0. The standard InChI is InChI=1S/C11H14N4/c1-12-5-3-2-4-10-8-14-11-9-13-6-7-15(10)11/h2,4,6-9,12H,3,5H2,1H3. The molecule has 2 aromatic rings. The fourth-order valence-electron chi connectivity index (χ4n) is 1.42. The molecule has 15 heavy (non-hydrogen) atoms. The molecule has 1 N–H and O–H groups in total. The summed E-state index contributed by atoms with van der Waals surface area (Å²) in [6.45, 7) is 0.995. The summed E-state index contributed by atoms with van der Waals surface area (Å²) in [6, 6.07) is 0. The number of nitrogens with one attached hydrogen (secondary N) is 1. The van der Waals surface area contributed by atoms with Gasteiger partial charge >= 0.3 is 0 Å². The molecule has 0 bridgehead atoms. The quantitative estimate of drug-likeness (QED) is 0.761. The Morgan fingerprint density at radius 1 is 1.47 bits per heavy atom. The molecule has 0 saturated heterocycles. The zero-order chi connectivity index (χ0) is 10.5. The van der Waals surface area contributed by atoms with Crippen LogP contribution in [0.1, 0.15) is 12.1 Å². The van der Waals surface area contributed by atoms with E-state index in [4.69, 9.17) is 0 Å². The van der Waals surface area contributed by atoms with Crippen molar-refractivity contribution in [1.29, 1.82) is 0 Å². The predicted octanol–water partition coefficient (Wildman–Crippen LogP) is 1.35. The van der Waals surface area contributed by atoms with Crippen molar-refractivity contribution in [2.75, 3.05) is 13.6 Å². The molecule has 4 heteroatoms. The third-order valence-corrected chi connectivity index (χ3v) is 2.20. The van der Waals surface area contributed by atoms with Gasteiger partial charge in [0.05, 0.1) is 18.1 Å². The van der Waals surface area contributed by atoms with Gasteiger partial charge in [-0.15, -0.1) is 0 Å². The number of hydrogen-bond donors (Lipinski definition) is 1. The van der Waals surface area contributed by atoms with Gasteiger partial charge in [0, 0.05) is 12.4 Å². The summed E-state index contributed by atoms with van der Waals surface area (Å²) < 4.78 is 2.02. The minimum Gasteiger partial charge on any atom is -0.319 e. The molecule has 2 aromatic heterocycles. The lowest BCUT2D eigenvalue weighted by atomic mass is 10.3. The lowest BCUT2D eigenvalue weighted by Crippen LogP contribution is -2.05. The Kier molecular flexibility index (Phi) is 3.09. The van der Waals surface area contributed by atoms with Crippen LogP contribution in [0.25, 0.3) is 11.7 Å². The zero-order valence-electron chi connectivity index (χ0n) is 8.72. The van der Waals surface area contributed by atoms with Crippen LogP contribution in [0.2, 0.25) is 0 Å². The van der Waals surface area contributed by atoms with Crippen LogP contribution in [0, 0.1) is 0 Å². The van der Waals surface area contributed by atoms with E-state index >= 15 is 0 Å². The monoisotopic (exact) mass is 202 g/mol. The molecule has 0 amide bonds. The van der Waals surface area contributed by atoms with Crippen molar-refractivity contribution in [1.82, 2.24) is 19.7 Å². The fraction of sp³-hybridized carbons (Fsp3) is 0.273. The second-order valence-corrected chi connectivity index (χ2v) is 3.28. The SMILES string of the molecule is CNCCC=Cc1cnc2cnccn12. The van der Waals surface area contributed by atoms with Crippen molar-refractivity contribution >= 4 is 11.7 Å². The molecule has 0 unspecified atom stereocenters. The Morgan fingerprint density at radius 2 is 2.40 bits per heavy atom. The fourth-order valence-corrected chi connectivity index (χ4v) is 1.42. The second kappa shape index (κ2) is 4.70. The summed E-state index contributed by atoms with van der Waals surface area (Å²) in [5.74, 6) is 0. The Hall–Kier alpha value is -1.68. The highest BCUT2D eigenvalue weighted by molar-refractivity contribution is 5.51. The van der Waals surface area contributed by atoms with E-state index in [1.807, 2.05) is 23.8 Å². The van der Waals surface area contributed by atoms with Crippen LogP contribution in [0.4, 0.5) is 0 Å². The number of hydrogen-bond acceptors (Lipinski definition) is 3. The van der Waals surface area contributed by atoms with Gasteiger partial charge in [0.1, 0.15) is 0 Å². The summed E-state index contributed by atoms with van der Waals surface area (Å²) in [6.07, 6.45) is 12.5. The van der Waals surface area contributed by atoms with Crippen LogP contribution in [-0.2, 0) is 0 Å². The minimum absolute atomic E-state index is 0.880. The van der Waals surface area contributed by atoms with E-state index in [1.54, 1.807) is 12.4 Å². The maximum atomic E-state index is 4.25. The molecule has 0 aliphatic carbocycles. The molecular weight excluding hydrogens is 188 g/mol. The van der Waals surface area contributed by atoms with Gasteiger partial charge in [-0.05, 0) is 26.1 Å². The van der Waals surface area contributed by atoms with Crippen molar-refractivity contribution in [3.63, 3.8) is 0 Å². The van der Waals surface area contributed by atoms with Gasteiger partial charge in [0.2, 0.25) is 0 Å². The molecular formula is C11H14N4. The number of aromatic nitrogens is 3. The van der Waals surface area contributed by atoms with Gasteiger partial charge in [0.25, 0.3) is 0 Å². The average Bonchev–Trinajstić information content (AvgIpc) is 2.68. The predicted molar refractivity (Wildman–Crippen MR) is 60.6 cm³/mol. The summed E-state index contributed by atoms with van der Waals surface area (Å²) >= 11 is 0. The third-order valence-electron chi connectivity index (χ3n) is 2.20. The van der Waals surface area contributed by atoms with Crippen LogP contribution in [0.3, 0.4) is 0 Å². The Bertz CT molecular complexity index is 458. The lowest BCUT2D eigenvalue weighted by molar-refractivity contribution is 0.809. The smallest absolute Gasteiger partial charge is 0.155 e. The van der Waals surface area contributed by atoms with Crippen molar-refractivity contribution in [2.24, 2.45) is 0 Å². The normalized spacial score (nSPS) is 11.5. The van der Waals surface area contributed by atoms with Gasteiger partial charge in [-0.25, -0.2) is 4.98 Å². The highest BCUT2D eigenvalue weighted by Gasteiger charge is 1.97. The Morgan fingerprint density at radius 3 is 3.27 bits per heavy atom. The maximum absolute atomic E-state index is 4.25. The number of rotatable bonds is 4. The Labute approximate surface area is 88.7 Å². The summed E-state index contributed by atoms with van der Waals surface area (Å²) in [7, 11) is 1.95. The summed E-state index contributed by atoms with van der Waals surface area (Å²) in [4.78, 5) is 8.27. The number of nitrogens with zero attached hydrogens (tertiary/aromatic N) is 3. The van der Waals surface area contributed by atoms with E-state index in [0.29, 0.717) is 0 Å². The van der Waals surface area contributed by atoms with Gasteiger partial charge in [-0.2, -0.15) is 0 Å². The molecule has 0 aliphatic heterocycles. The first kappa shape index (κ1) is 9.86. The van der Waals surface area contributed by atoms with Gasteiger partial charge in [0.15, 0.2) is 5.65 Å². The van der Waals surface area contributed by atoms with Gasteiger partial charge in [-0.3, -0.25) is 9.38 Å². The molecule has 0 radical (unpaired) electrons. The van der Waals surface area contributed by atoms with Crippen LogP contribution < -0.4 is 5.32 Å². The molecule has 0 spiro atoms. The number of imidazole rings is 1. The molecule has 2 heterocycles. The van der Waals surface area contributed by atoms with Crippen LogP contribution >= 0.6 is 0 Å². The molecule has 2 rings (SSSR count). The van der Waals surface area contributed by atoms with Gasteiger partial charge in [-0.1, -0.05) is 6.08 Å². The first-order valence-corrected chi connectivity index (χ1v) is 5.00. The van der Waals surface area contributed by atoms with Gasteiger partial charge < -0.3 is 5.32 Å². The first-order valence-electron chi connectivity index (χ1n) is 5.00. The van der Waals surface area contributed by atoms with E-state index in [0.717, 1.165) is 24.3 Å². The Balaban J connectivity index is 2.17. The summed E-state index contributed by atoms with van der Waals surface area (Å²) in [5.41, 5.74) is 1.97. The molecule has 78 valence electrons. The van der Waals surface area contributed by atoms with E-state index in [-0.39, 0.29) is 0 Å². The molecule has 0 aromatic carbocycles. The van der Waals surface area contributed by atoms with E-state index in [9.17, 15) is 0 Å². The zero-order valence-corrected chi connectivity index (χ0v) is 8.72. The van der Waals surface area contributed by atoms with E-state index in [2.05, 4.69) is 27.4 Å². The third kappa shape index (κ3) is 2.22. The molecule has 0 fully saturated rings.